The summed E-state index contributed by atoms with van der Waals surface area (Å²) in [5.74, 6) is 1.71. The van der Waals surface area contributed by atoms with Gasteiger partial charge in [0.25, 0.3) is 0 Å². The normalized spacial score (nSPS) is 19.8. The van der Waals surface area contributed by atoms with Gasteiger partial charge >= 0.3 is 12.1 Å². The van der Waals surface area contributed by atoms with Gasteiger partial charge in [0.2, 0.25) is 6.54 Å². The number of anilines is 2. The number of carbonyl (C=O) groups excluding carboxylic acids is 1. The van der Waals surface area contributed by atoms with Gasteiger partial charge in [-0.2, -0.15) is 9.97 Å². The predicted octanol–water partition coefficient (Wildman–Crippen LogP) is 4.58. The molecule has 0 N–H and O–H groups in total. The molecule has 4 heterocycles. The van der Waals surface area contributed by atoms with E-state index in [9.17, 15) is 4.79 Å². The molecular formula is C35H43N7O4. The summed E-state index contributed by atoms with van der Waals surface area (Å²) in [6.45, 7) is 14.6. The van der Waals surface area contributed by atoms with Crippen molar-refractivity contribution in [1.82, 2.24) is 19.8 Å². The number of ether oxygens (including phenoxy) is 3. The van der Waals surface area contributed by atoms with Crippen LogP contribution in [0, 0.1) is 13.5 Å². The maximum atomic E-state index is 13.2. The van der Waals surface area contributed by atoms with E-state index in [1.54, 1.807) is 12.0 Å². The van der Waals surface area contributed by atoms with Crippen LogP contribution in [0.4, 0.5) is 16.3 Å². The zero-order valence-corrected chi connectivity index (χ0v) is 27.0. The number of benzene rings is 2. The van der Waals surface area contributed by atoms with Crippen LogP contribution in [-0.2, 0) is 24.3 Å². The molecule has 2 aromatic carbocycles. The van der Waals surface area contributed by atoms with E-state index >= 15 is 0 Å². The van der Waals surface area contributed by atoms with E-state index in [2.05, 4.69) is 39.6 Å². The molecule has 0 spiro atoms. The molecule has 0 saturated carbocycles. The smallest absolute Gasteiger partial charge is 0.410 e. The van der Waals surface area contributed by atoms with Crippen LogP contribution in [0.3, 0.4) is 0 Å². The van der Waals surface area contributed by atoms with Gasteiger partial charge in [-0.25, -0.2) is 11.4 Å². The number of piperazine rings is 1. The molecule has 11 heteroatoms. The van der Waals surface area contributed by atoms with Crippen LogP contribution in [0.15, 0.2) is 48.5 Å². The maximum absolute atomic E-state index is 13.2. The molecule has 2 fully saturated rings. The molecule has 242 valence electrons. The van der Waals surface area contributed by atoms with Crippen LogP contribution >= 0.6 is 0 Å². The Morgan fingerprint density at radius 3 is 2.63 bits per heavy atom. The van der Waals surface area contributed by atoms with E-state index in [4.69, 9.17) is 30.8 Å². The number of likely N-dealkylation sites (N-methyl/N-ethyl adjacent to an activating group) is 1. The first-order valence-electron chi connectivity index (χ1n) is 16.1. The second-order valence-electron chi connectivity index (χ2n) is 12.3. The third-order valence-electron chi connectivity index (χ3n) is 9.44. The van der Waals surface area contributed by atoms with E-state index < -0.39 is 6.09 Å². The van der Waals surface area contributed by atoms with Crippen molar-refractivity contribution in [2.75, 3.05) is 69.8 Å². The molecule has 2 saturated heterocycles. The standard InChI is InChI=1S/C35H43N7O4/c1-25-31(13-8-14-32(25)44-4)40-17-15-29-30(22-40)37-34(45-24-27-12-9-16-39(27)3)38-33(29)41-18-19-42(28(21-41)20-36-2)35(43)46-23-26-10-6-5-7-11-26/h5-8,10-11,13-14,27-28H,9,12,15-24H2,1,3-4H3/t27-,28-/m0/s1. The predicted molar refractivity (Wildman–Crippen MR) is 176 cm³/mol. The summed E-state index contributed by atoms with van der Waals surface area (Å²) >= 11 is 0. The monoisotopic (exact) mass is 625 g/mol. The van der Waals surface area contributed by atoms with E-state index in [0.29, 0.717) is 44.8 Å². The average molecular weight is 626 g/mol. The Balaban J connectivity index is 1.25. The van der Waals surface area contributed by atoms with Crippen molar-refractivity contribution in [2.24, 2.45) is 0 Å². The van der Waals surface area contributed by atoms with Crippen LogP contribution in [0.1, 0.15) is 35.2 Å². The molecule has 6 rings (SSSR count). The first-order chi connectivity index (χ1) is 22.4. The SMILES string of the molecule is [C-]#[N+]C[C@H]1CN(c2nc(OC[C@@H]3CCCN3C)nc3c2CCN(c2cccc(OC)c2C)C3)CCN1C(=O)OCc1ccccc1. The number of nitrogens with zero attached hydrogens (tertiary/aromatic N) is 7. The highest BCUT2D eigenvalue weighted by Gasteiger charge is 2.36. The third kappa shape index (κ3) is 6.82. The molecule has 2 atom stereocenters. The zero-order chi connectivity index (χ0) is 32.0. The van der Waals surface area contributed by atoms with Crippen molar-refractivity contribution in [3.05, 3.63) is 82.3 Å². The van der Waals surface area contributed by atoms with Gasteiger partial charge in [0, 0.05) is 49.0 Å². The summed E-state index contributed by atoms with van der Waals surface area (Å²) in [7, 11) is 3.84. The van der Waals surface area contributed by atoms with Gasteiger partial charge in [-0.05, 0) is 57.5 Å². The topological polar surface area (TPSA) is 87.9 Å². The van der Waals surface area contributed by atoms with Crippen LogP contribution in [-0.4, -0.2) is 98.0 Å². The molecule has 3 aliphatic heterocycles. The van der Waals surface area contributed by atoms with Crippen molar-refractivity contribution >= 4 is 17.6 Å². The summed E-state index contributed by atoms with van der Waals surface area (Å²) in [4.78, 5) is 35.4. The summed E-state index contributed by atoms with van der Waals surface area (Å²) in [6, 6.07) is 16.2. The molecule has 0 bridgehead atoms. The minimum atomic E-state index is -0.393. The lowest BCUT2D eigenvalue weighted by Crippen LogP contribution is -2.57. The number of aromatic nitrogens is 2. The number of rotatable bonds is 9. The molecule has 46 heavy (non-hydrogen) atoms. The molecular weight excluding hydrogens is 582 g/mol. The van der Waals surface area contributed by atoms with Gasteiger partial charge in [0.1, 0.15) is 30.8 Å². The van der Waals surface area contributed by atoms with Crippen LogP contribution in [0.25, 0.3) is 4.85 Å². The number of carbonyl (C=O) groups is 1. The third-order valence-corrected chi connectivity index (χ3v) is 9.44. The Kier molecular flexibility index (Phi) is 9.73. The van der Waals surface area contributed by atoms with Crippen LogP contribution in [0.5, 0.6) is 11.8 Å². The Hall–Kier alpha value is -4.56. The Morgan fingerprint density at radius 1 is 1.02 bits per heavy atom. The fourth-order valence-electron chi connectivity index (χ4n) is 6.80. The van der Waals surface area contributed by atoms with Gasteiger partial charge in [0.15, 0.2) is 0 Å². The summed E-state index contributed by atoms with van der Waals surface area (Å²) < 4.78 is 17.6. The van der Waals surface area contributed by atoms with Crippen molar-refractivity contribution in [2.45, 2.75) is 51.4 Å². The quantitative estimate of drug-likeness (QED) is 0.317. The maximum Gasteiger partial charge on any atom is 0.410 e. The minimum Gasteiger partial charge on any atom is -0.496 e. The van der Waals surface area contributed by atoms with E-state index in [-0.39, 0.29) is 19.2 Å². The minimum absolute atomic E-state index is 0.185. The number of methoxy groups -OCH3 is 1. The largest absolute Gasteiger partial charge is 0.496 e. The van der Waals surface area contributed by atoms with Gasteiger partial charge in [0.05, 0.1) is 19.3 Å². The molecule has 1 amide bonds. The van der Waals surface area contributed by atoms with Crippen LogP contribution < -0.4 is 19.3 Å². The van der Waals surface area contributed by atoms with Gasteiger partial charge < -0.3 is 33.8 Å². The lowest BCUT2D eigenvalue weighted by Gasteiger charge is -2.41. The van der Waals surface area contributed by atoms with E-state index in [1.165, 1.54) is 0 Å². The van der Waals surface area contributed by atoms with Gasteiger partial charge in [-0.15, -0.1) is 0 Å². The number of fused-ring (bicyclic) bond motifs is 1. The van der Waals surface area contributed by atoms with Gasteiger partial charge in [-0.3, -0.25) is 4.90 Å². The lowest BCUT2D eigenvalue weighted by atomic mass is 10.0. The molecule has 11 nitrogen and oxygen atoms in total. The molecule has 1 aromatic heterocycles. The first-order valence-corrected chi connectivity index (χ1v) is 16.1. The average Bonchev–Trinajstić information content (AvgIpc) is 3.50. The lowest BCUT2D eigenvalue weighted by molar-refractivity contribution is 0.0788. The second-order valence-corrected chi connectivity index (χ2v) is 12.3. The number of amides is 1. The fourth-order valence-corrected chi connectivity index (χ4v) is 6.80. The summed E-state index contributed by atoms with van der Waals surface area (Å²) in [6.07, 6.45) is 2.63. The fraction of sp³-hybridized carbons (Fsp3) is 0.486. The zero-order valence-electron chi connectivity index (χ0n) is 27.0. The molecule has 0 radical (unpaired) electrons. The Morgan fingerprint density at radius 2 is 1.87 bits per heavy atom. The first kappa shape index (κ1) is 31.4. The van der Waals surface area contributed by atoms with Crippen molar-refractivity contribution in [3.63, 3.8) is 0 Å². The molecule has 3 aromatic rings. The van der Waals surface area contributed by atoms with E-state index in [1.807, 2.05) is 42.5 Å². The molecule has 0 aliphatic carbocycles. The van der Waals surface area contributed by atoms with Crippen molar-refractivity contribution in [1.29, 1.82) is 0 Å². The van der Waals surface area contributed by atoms with Crippen LogP contribution in [0.2, 0.25) is 0 Å². The number of likely N-dealkylation sites (tertiary alicyclic amines) is 1. The van der Waals surface area contributed by atoms with E-state index in [0.717, 1.165) is 72.0 Å². The van der Waals surface area contributed by atoms with Gasteiger partial charge in [-0.1, -0.05) is 36.4 Å². The second kappa shape index (κ2) is 14.3. The highest BCUT2D eigenvalue weighted by atomic mass is 16.6. The number of hydrogen-bond donors (Lipinski definition) is 0. The highest BCUT2D eigenvalue weighted by Crippen LogP contribution is 2.35. The number of hydrogen-bond acceptors (Lipinski definition) is 9. The Labute approximate surface area is 271 Å². The summed E-state index contributed by atoms with van der Waals surface area (Å²) in [5.41, 5.74) is 5.20. The van der Waals surface area contributed by atoms with Crippen molar-refractivity contribution < 1.29 is 19.0 Å². The summed E-state index contributed by atoms with van der Waals surface area (Å²) in [5, 5.41) is 0. The molecule has 3 aliphatic rings. The molecule has 0 unspecified atom stereocenters. The van der Waals surface area contributed by atoms with Crippen molar-refractivity contribution in [3.8, 4) is 11.8 Å². The highest BCUT2D eigenvalue weighted by molar-refractivity contribution is 5.69. The Bertz CT molecular complexity index is 1560.